The minimum atomic E-state index is -0.204. The van der Waals surface area contributed by atoms with Crippen LogP contribution in [0.4, 0.5) is 5.13 Å². The second-order valence-corrected chi connectivity index (χ2v) is 8.61. The normalized spacial score (nSPS) is 17.7. The summed E-state index contributed by atoms with van der Waals surface area (Å²) in [5.74, 6) is 1.64. The van der Waals surface area contributed by atoms with Crippen LogP contribution in [0.25, 0.3) is 11.3 Å². The van der Waals surface area contributed by atoms with Crippen molar-refractivity contribution in [3.63, 3.8) is 0 Å². The summed E-state index contributed by atoms with van der Waals surface area (Å²) in [6.45, 7) is 6.19. The number of nitrogens with zero attached hydrogens (tertiary/aromatic N) is 2. The predicted octanol–water partition coefficient (Wildman–Crippen LogP) is 5.56. The third-order valence-electron chi connectivity index (χ3n) is 5.33. The van der Waals surface area contributed by atoms with Gasteiger partial charge in [-0.3, -0.25) is 15.1 Å². The molecule has 2 aromatic heterocycles. The van der Waals surface area contributed by atoms with Crippen molar-refractivity contribution in [2.24, 2.45) is 5.92 Å². The number of hydrogen-bond acceptors (Lipinski definition) is 6. The van der Waals surface area contributed by atoms with E-state index in [1.54, 1.807) is 31.6 Å². The fourth-order valence-electron chi connectivity index (χ4n) is 3.78. The first-order chi connectivity index (χ1) is 15.4. The highest BCUT2D eigenvalue weighted by atomic mass is 32.1. The molecule has 0 spiro atoms. The summed E-state index contributed by atoms with van der Waals surface area (Å²) >= 11 is 1.40. The molecule has 1 amide bonds. The summed E-state index contributed by atoms with van der Waals surface area (Å²) in [5, 5.41) is 5.37. The Labute approximate surface area is 191 Å². The lowest BCUT2D eigenvalue weighted by atomic mass is 9.98. The van der Waals surface area contributed by atoms with Crippen LogP contribution in [-0.2, 0) is 4.74 Å². The molecule has 164 valence electrons. The second kappa shape index (κ2) is 9.46. The molecule has 2 unspecified atom stereocenters. The Balaban J connectivity index is 1.51. The number of hydrogen-bond donors (Lipinski definition) is 1. The molecule has 1 aliphatic rings. The zero-order valence-electron chi connectivity index (χ0n) is 18.5. The molecule has 0 saturated carbocycles. The minimum Gasteiger partial charge on any atom is -0.458 e. The number of ether oxygens (including phenoxy) is 2. The van der Waals surface area contributed by atoms with Crippen molar-refractivity contribution in [3.05, 3.63) is 82.7 Å². The first-order valence-electron chi connectivity index (χ1n) is 10.3. The van der Waals surface area contributed by atoms with Gasteiger partial charge in [0.1, 0.15) is 11.5 Å². The predicted molar refractivity (Wildman–Crippen MR) is 127 cm³/mol. The number of methoxy groups -OCH3 is 1. The Bertz CT molecular complexity index is 1160. The van der Waals surface area contributed by atoms with E-state index in [0.717, 1.165) is 33.9 Å². The number of aromatic nitrogens is 2. The maximum Gasteiger partial charge on any atom is 0.257 e. The summed E-state index contributed by atoms with van der Waals surface area (Å²) in [6, 6.07) is 7.37. The van der Waals surface area contributed by atoms with Gasteiger partial charge in [-0.05, 0) is 61.4 Å². The van der Waals surface area contributed by atoms with E-state index in [9.17, 15) is 4.79 Å². The lowest BCUT2D eigenvalue weighted by Gasteiger charge is -2.22. The smallest absolute Gasteiger partial charge is 0.257 e. The van der Waals surface area contributed by atoms with Crippen molar-refractivity contribution in [1.29, 1.82) is 0 Å². The number of anilines is 1. The summed E-state index contributed by atoms with van der Waals surface area (Å²) in [7, 11) is 1.71. The lowest BCUT2D eigenvalue weighted by molar-refractivity contribution is 0.102. The van der Waals surface area contributed by atoms with Crippen LogP contribution in [-0.4, -0.2) is 29.1 Å². The molecule has 7 heteroatoms. The topological polar surface area (TPSA) is 73.3 Å². The molecule has 6 nitrogen and oxygen atoms in total. The van der Waals surface area contributed by atoms with Crippen molar-refractivity contribution >= 4 is 22.4 Å². The molecule has 4 rings (SSSR count). The van der Waals surface area contributed by atoms with Gasteiger partial charge >= 0.3 is 0 Å². The van der Waals surface area contributed by atoms with E-state index in [4.69, 9.17) is 9.47 Å². The third kappa shape index (κ3) is 4.79. The molecule has 2 heterocycles. The maximum atomic E-state index is 12.4. The third-order valence-corrected chi connectivity index (χ3v) is 6.09. The molecule has 32 heavy (non-hydrogen) atoms. The van der Waals surface area contributed by atoms with Gasteiger partial charge in [0.15, 0.2) is 5.13 Å². The Morgan fingerprint density at radius 3 is 2.53 bits per heavy atom. The van der Waals surface area contributed by atoms with E-state index in [-0.39, 0.29) is 17.9 Å². The average Bonchev–Trinajstić information content (AvgIpc) is 3.22. The van der Waals surface area contributed by atoms with Gasteiger partial charge in [-0.2, -0.15) is 0 Å². The molecule has 0 radical (unpaired) electrons. The maximum absolute atomic E-state index is 12.4. The van der Waals surface area contributed by atoms with Crippen LogP contribution < -0.4 is 10.1 Å². The molecule has 0 fully saturated rings. The summed E-state index contributed by atoms with van der Waals surface area (Å²) in [4.78, 5) is 21.0. The molecule has 1 aromatic carbocycles. The van der Waals surface area contributed by atoms with Crippen molar-refractivity contribution in [1.82, 2.24) is 9.97 Å². The molecular formula is C25H25N3O3S. The van der Waals surface area contributed by atoms with Crippen molar-refractivity contribution < 1.29 is 14.3 Å². The van der Waals surface area contributed by atoms with Crippen molar-refractivity contribution in [2.45, 2.75) is 26.9 Å². The highest BCUT2D eigenvalue weighted by molar-refractivity contribution is 7.14. The fraction of sp³-hybridized carbons (Fsp3) is 0.240. The molecule has 0 bridgehead atoms. The molecule has 3 aromatic rings. The lowest BCUT2D eigenvalue weighted by Crippen LogP contribution is -2.19. The van der Waals surface area contributed by atoms with Gasteiger partial charge in [-0.25, -0.2) is 4.98 Å². The number of aryl methyl sites for hydroxylation is 2. The molecule has 2 atom stereocenters. The standard InChI is InChI=1S/C25H25N3O3S/c1-15-11-19(5-6-22(15)30-4)31-20-12-16(2)23(17(3)13-20)21-14-32-25(27-21)28-24(29)18-7-9-26-10-8-18/h5-15,22H,1-4H3,(H,27,28,29). The largest absolute Gasteiger partial charge is 0.458 e. The van der Waals surface area contributed by atoms with Crippen molar-refractivity contribution in [2.75, 3.05) is 12.4 Å². The van der Waals surface area contributed by atoms with Crippen LogP contribution in [0.5, 0.6) is 5.75 Å². The fourth-order valence-corrected chi connectivity index (χ4v) is 4.47. The van der Waals surface area contributed by atoms with Crippen LogP contribution in [0.15, 0.2) is 66.0 Å². The Morgan fingerprint density at radius 2 is 1.88 bits per heavy atom. The van der Waals surface area contributed by atoms with Crippen LogP contribution in [0.3, 0.4) is 0 Å². The number of pyridine rings is 1. The molecule has 1 N–H and O–H groups in total. The van der Waals surface area contributed by atoms with Crippen LogP contribution in [0.1, 0.15) is 28.4 Å². The van der Waals surface area contributed by atoms with Gasteiger partial charge < -0.3 is 9.47 Å². The van der Waals surface area contributed by atoms with Crippen LogP contribution in [0.2, 0.25) is 0 Å². The van der Waals surface area contributed by atoms with E-state index in [1.165, 1.54) is 11.3 Å². The van der Waals surface area contributed by atoms with Gasteiger partial charge in [-0.1, -0.05) is 13.0 Å². The number of rotatable bonds is 6. The highest BCUT2D eigenvalue weighted by Crippen LogP contribution is 2.34. The molecule has 0 aliphatic heterocycles. The quantitative estimate of drug-likeness (QED) is 0.536. The summed E-state index contributed by atoms with van der Waals surface area (Å²) in [6.07, 6.45) is 9.30. The Hall–Kier alpha value is -3.29. The zero-order valence-corrected chi connectivity index (χ0v) is 19.3. The van der Waals surface area contributed by atoms with Gasteiger partial charge in [0.05, 0.1) is 11.8 Å². The van der Waals surface area contributed by atoms with Gasteiger partial charge in [0.2, 0.25) is 0 Å². The summed E-state index contributed by atoms with van der Waals surface area (Å²) in [5.41, 5.74) is 4.53. The number of allylic oxidation sites excluding steroid dienone is 1. The second-order valence-electron chi connectivity index (χ2n) is 7.75. The van der Waals surface area contributed by atoms with Gasteiger partial charge in [0.25, 0.3) is 5.91 Å². The van der Waals surface area contributed by atoms with Gasteiger partial charge in [0, 0.05) is 41.9 Å². The Kier molecular flexibility index (Phi) is 6.48. The van der Waals surface area contributed by atoms with Crippen LogP contribution in [0, 0.1) is 19.8 Å². The number of carbonyl (C=O) groups is 1. The van der Waals surface area contributed by atoms with E-state index in [2.05, 4.69) is 28.3 Å². The van der Waals surface area contributed by atoms with Gasteiger partial charge in [-0.15, -0.1) is 11.3 Å². The first-order valence-corrected chi connectivity index (χ1v) is 11.2. The monoisotopic (exact) mass is 447 g/mol. The SMILES string of the molecule is COC1C=CC(Oc2cc(C)c(-c3csc(NC(=O)c4ccncc4)n3)c(C)c2)=CC1C. The number of carbonyl (C=O) groups excluding carboxylic acids is 1. The van der Waals surface area contributed by atoms with E-state index in [0.29, 0.717) is 10.7 Å². The van der Waals surface area contributed by atoms with Crippen LogP contribution >= 0.6 is 11.3 Å². The number of amides is 1. The zero-order chi connectivity index (χ0) is 22.7. The number of nitrogens with one attached hydrogen (secondary N) is 1. The highest BCUT2D eigenvalue weighted by Gasteiger charge is 2.18. The van der Waals surface area contributed by atoms with E-state index >= 15 is 0 Å². The summed E-state index contributed by atoms with van der Waals surface area (Å²) < 4.78 is 11.6. The van der Waals surface area contributed by atoms with E-state index in [1.807, 2.05) is 43.5 Å². The van der Waals surface area contributed by atoms with E-state index < -0.39 is 0 Å². The number of benzene rings is 1. The first kappa shape index (κ1) is 21.9. The van der Waals surface area contributed by atoms with Crippen molar-refractivity contribution in [3.8, 4) is 17.0 Å². The molecule has 1 aliphatic carbocycles. The Morgan fingerprint density at radius 1 is 1.16 bits per heavy atom. The molecule has 0 saturated heterocycles. The minimum absolute atomic E-state index is 0.0751. The average molecular weight is 448 g/mol. The number of thiazole rings is 1. The molecular weight excluding hydrogens is 422 g/mol.